The van der Waals surface area contributed by atoms with Gasteiger partial charge in [-0.1, -0.05) is 12.1 Å². The van der Waals surface area contributed by atoms with Crippen LogP contribution in [0.3, 0.4) is 0 Å². The Morgan fingerprint density at radius 3 is 2.61 bits per heavy atom. The molecule has 9 nitrogen and oxygen atoms in total. The van der Waals surface area contributed by atoms with E-state index in [0.717, 1.165) is 52.2 Å². The van der Waals surface area contributed by atoms with E-state index < -0.39 is 9.84 Å². The molecule has 1 N–H and O–H groups in total. The summed E-state index contributed by atoms with van der Waals surface area (Å²) in [5.74, 6) is 0.864. The van der Waals surface area contributed by atoms with E-state index in [1.54, 1.807) is 32.3 Å². The van der Waals surface area contributed by atoms with Crippen molar-refractivity contribution in [1.29, 1.82) is 0 Å². The second kappa shape index (κ2) is 10.2. The van der Waals surface area contributed by atoms with Crippen molar-refractivity contribution in [1.82, 2.24) is 24.8 Å². The molecule has 3 heterocycles. The van der Waals surface area contributed by atoms with Crippen molar-refractivity contribution in [3.8, 4) is 28.1 Å². The van der Waals surface area contributed by atoms with Crippen LogP contribution >= 0.6 is 0 Å². The van der Waals surface area contributed by atoms with Crippen LogP contribution in [0.1, 0.15) is 21.5 Å². The molecule has 0 saturated carbocycles. The minimum atomic E-state index is -3.01. The summed E-state index contributed by atoms with van der Waals surface area (Å²) in [6.07, 6.45) is 5.71. The van der Waals surface area contributed by atoms with E-state index in [1.807, 2.05) is 36.5 Å². The van der Waals surface area contributed by atoms with Gasteiger partial charge in [0.1, 0.15) is 21.1 Å². The van der Waals surface area contributed by atoms with Gasteiger partial charge in [0.15, 0.2) is 5.65 Å². The summed E-state index contributed by atoms with van der Waals surface area (Å²) in [7, 11) is 2.11. The number of ether oxygens (including phenoxy) is 1. The van der Waals surface area contributed by atoms with Gasteiger partial charge in [0.2, 0.25) is 0 Å². The predicted molar refractivity (Wildman–Crippen MR) is 148 cm³/mol. The highest BCUT2D eigenvalue weighted by Gasteiger charge is 2.22. The van der Waals surface area contributed by atoms with Crippen LogP contribution in [0.25, 0.3) is 33.5 Å². The first kappa shape index (κ1) is 25.9. The molecule has 5 rings (SSSR count). The molecule has 0 unspecified atom stereocenters. The number of benzene rings is 2. The molecule has 0 bridgehead atoms. The summed E-state index contributed by atoms with van der Waals surface area (Å²) < 4.78 is 29.0. The average molecular weight is 534 g/mol. The van der Waals surface area contributed by atoms with Crippen molar-refractivity contribution in [2.75, 3.05) is 46.3 Å². The molecule has 2 aromatic heterocycles. The third kappa shape index (κ3) is 5.27. The number of aromatic nitrogens is 3. The molecule has 1 amide bonds. The number of amides is 1. The van der Waals surface area contributed by atoms with E-state index >= 15 is 0 Å². The van der Waals surface area contributed by atoms with Crippen molar-refractivity contribution >= 4 is 26.9 Å². The number of aromatic amines is 1. The van der Waals surface area contributed by atoms with Gasteiger partial charge in [0.25, 0.3) is 5.91 Å². The number of nitrogens with zero attached hydrogens (tertiary/aromatic N) is 4. The maximum atomic E-state index is 12.3. The fourth-order valence-corrected chi connectivity index (χ4v) is 5.39. The van der Waals surface area contributed by atoms with Crippen molar-refractivity contribution in [2.24, 2.45) is 0 Å². The van der Waals surface area contributed by atoms with Gasteiger partial charge in [0, 0.05) is 68.4 Å². The molecular weight excluding hydrogens is 502 g/mol. The summed E-state index contributed by atoms with van der Waals surface area (Å²) >= 11 is 0. The zero-order valence-electron chi connectivity index (χ0n) is 22.0. The Balaban J connectivity index is 1.46. The van der Waals surface area contributed by atoms with Gasteiger partial charge >= 0.3 is 0 Å². The van der Waals surface area contributed by atoms with E-state index in [9.17, 15) is 13.2 Å². The Morgan fingerprint density at radius 1 is 1.16 bits per heavy atom. The highest BCUT2D eigenvalue weighted by Crippen LogP contribution is 2.35. The number of hydrogen-bond donors (Lipinski definition) is 1. The number of carbonyl (C=O) groups is 1. The summed E-state index contributed by atoms with van der Waals surface area (Å²) in [4.78, 5) is 28.7. The smallest absolute Gasteiger partial charge is 0.253 e. The zero-order valence-corrected chi connectivity index (χ0v) is 22.8. The Morgan fingerprint density at radius 2 is 1.92 bits per heavy atom. The molecule has 10 heteroatoms. The summed E-state index contributed by atoms with van der Waals surface area (Å²) in [6.45, 7) is 1.94. The maximum Gasteiger partial charge on any atom is 0.253 e. The zero-order chi connectivity index (χ0) is 27.0. The SMILES string of the molecule is COc1cc(-c2cnc3[nH]cc(-c4ccc(C(=O)N(C)C)cc4)c3n2)cc2c1CN(CCS(C)(=O)=O)CC2. The van der Waals surface area contributed by atoms with Crippen LogP contribution in [0, 0.1) is 0 Å². The standard InChI is InChI=1S/C28H31N5O4S/c1-32(2)28(34)19-7-5-18(6-8-19)22-15-29-27-26(22)31-24(16-30-27)21-13-20-9-10-33(11-12-38(4,35)36)17-23(20)25(14-21)37-3/h5-8,13-16H,9-12,17H2,1-4H3,(H,29,30). The van der Waals surface area contributed by atoms with Gasteiger partial charge in [-0.25, -0.2) is 18.4 Å². The van der Waals surface area contributed by atoms with Gasteiger partial charge in [-0.3, -0.25) is 9.69 Å². The third-order valence-corrected chi connectivity index (χ3v) is 7.83. The topological polar surface area (TPSA) is 108 Å². The fraction of sp³-hybridized carbons (Fsp3) is 0.321. The lowest BCUT2D eigenvalue weighted by Crippen LogP contribution is -2.34. The first-order valence-electron chi connectivity index (χ1n) is 12.4. The molecule has 4 aromatic rings. The minimum absolute atomic E-state index is 0.0440. The summed E-state index contributed by atoms with van der Waals surface area (Å²) in [5.41, 5.74) is 7.81. The molecule has 0 atom stereocenters. The number of sulfone groups is 1. The number of rotatable bonds is 7. The second-order valence-corrected chi connectivity index (χ2v) is 12.2. The molecule has 2 aromatic carbocycles. The van der Waals surface area contributed by atoms with Crippen LogP contribution in [0.5, 0.6) is 5.75 Å². The Labute approximate surface area is 222 Å². The van der Waals surface area contributed by atoms with E-state index in [2.05, 4.69) is 20.9 Å². The number of fused-ring (bicyclic) bond motifs is 2. The minimum Gasteiger partial charge on any atom is -0.496 e. The van der Waals surface area contributed by atoms with Crippen LogP contribution in [-0.2, 0) is 22.8 Å². The van der Waals surface area contributed by atoms with Gasteiger partial charge in [-0.15, -0.1) is 0 Å². The van der Waals surface area contributed by atoms with E-state index in [1.165, 1.54) is 11.8 Å². The molecule has 198 valence electrons. The van der Waals surface area contributed by atoms with Crippen LogP contribution in [0.15, 0.2) is 48.8 Å². The van der Waals surface area contributed by atoms with Crippen LogP contribution in [-0.4, -0.2) is 85.4 Å². The van der Waals surface area contributed by atoms with Crippen molar-refractivity contribution in [3.05, 3.63) is 65.5 Å². The lowest BCUT2D eigenvalue weighted by Gasteiger charge is -2.30. The number of nitrogens with one attached hydrogen (secondary N) is 1. The van der Waals surface area contributed by atoms with Crippen molar-refractivity contribution < 1.29 is 17.9 Å². The number of carbonyl (C=O) groups excluding carboxylic acids is 1. The Kier molecular flexibility index (Phi) is 6.93. The monoisotopic (exact) mass is 533 g/mol. The van der Waals surface area contributed by atoms with Crippen LogP contribution < -0.4 is 4.74 Å². The van der Waals surface area contributed by atoms with Crippen molar-refractivity contribution in [2.45, 2.75) is 13.0 Å². The molecule has 1 aliphatic heterocycles. The summed E-state index contributed by atoms with van der Waals surface area (Å²) in [5, 5.41) is 0. The van der Waals surface area contributed by atoms with Crippen LogP contribution in [0.2, 0.25) is 0 Å². The first-order valence-corrected chi connectivity index (χ1v) is 14.5. The molecule has 0 saturated heterocycles. The third-order valence-electron chi connectivity index (χ3n) is 6.90. The largest absolute Gasteiger partial charge is 0.496 e. The van der Waals surface area contributed by atoms with Gasteiger partial charge in [-0.2, -0.15) is 0 Å². The van der Waals surface area contributed by atoms with E-state index in [-0.39, 0.29) is 11.7 Å². The molecule has 0 spiro atoms. The van der Waals surface area contributed by atoms with Crippen LogP contribution in [0.4, 0.5) is 0 Å². The fourth-order valence-electron chi connectivity index (χ4n) is 4.80. The molecule has 1 aliphatic rings. The Hall–Kier alpha value is -3.76. The van der Waals surface area contributed by atoms with Gasteiger partial charge in [-0.05, 0) is 41.8 Å². The predicted octanol–water partition coefficient (Wildman–Crippen LogP) is 3.41. The second-order valence-electron chi connectivity index (χ2n) is 9.90. The quantitative estimate of drug-likeness (QED) is 0.388. The normalized spacial score (nSPS) is 13.9. The first-order chi connectivity index (χ1) is 18.1. The Bertz CT molecular complexity index is 1590. The van der Waals surface area contributed by atoms with Gasteiger partial charge in [0.05, 0.1) is 24.8 Å². The molecular formula is C28H31N5O4S. The lowest BCUT2D eigenvalue weighted by molar-refractivity contribution is 0.0827. The van der Waals surface area contributed by atoms with E-state index in [4.69, 9.17) is 9.72 Å². The molecule has 0 radical (unpaired) electrons. The number of H-pyrrole nitrogens is 1. The lowest BCUT2D eigenvalue weighted by atomic mass is 9.95. The molecule has 0 fully saturated rings. The van der Waals surface area contributed by atoms with Gasteiger partial charge < -0.3 is 14.6 Å². The highest BCUT2D eigenvalue weighted by molar-refractivity contribution is 7.90. The maximum absolute atomic E-state index is 12.3. The summed E-state index contributed by atoms with van der Waals surface area (Å²) in [6, 6.07) is 11.6. The highest BCUT2D eigenvalue weighted by atomic mass is 32.2. The van der Waals surface area contributed by atoms with Crippen molar-refractivity contribution in [3.63, 3.8) is 0 Å². The average Bonchev–Trinajstić information content (AvgIpc) is 3.33. The molecule has 38 heavy (non-hydrogen) atoms. The number of hydrogen-bond acceptors (Lipinski definition) is 7. The molecule has 0 aliphatic carbocycles. The van der Waals surface area contributed by atoms with E-state index in [0.29, 0.717) is 24.3 Å². The number of methoxy groups -OCH3 is 1.